The summed E-state index contributed by atoms with van der Waals surface area (Å²) in [7, 11) is 0. The Morgan fingerprint density at radius 3 is 2.76 bits per heavy atom. The maximum atomic E-state index is 13.0. The van der Waals surface area contributed by atoms with Gasteiger partial charge in [0.2, 0.25) is 0 Å². The van der Waals surface area contributed by atoms with Crippen molar-refractivity contribution in [2.75, 3.05) is 11.4 Å². The molecule has 1 saturated heterocycles. The first-order chi connectivity index (χ1) is 11.9. The normalized spacial score (nSPS) is 18.2. The van der Waals surface area contributed by atoms with Gasteiger partial charge in [-0.1, -0.05) is 6.07 Å². The van der Waals surface area contributed by atoms with Crippen LogP contribution in [0.15, 0.2) is 30.5 Å². The highest BCUT2D eigenvalue weighted by molar-refractivity contribution is 5.50. The number of alkyl halides is 3. The van der Waals surface area contributed by atoms with Gasteiger partial charge >= 0.3 is 6.18 Å². The molecule has 25 heavy (non-hydrogen) atoms. The number of anilines is 1. The molecule has 0 N–H and O–H groups in total. The van der Waals surface area contributed by atoms with Crippen molar-refractivity contribution in [3.05, 3.63) is 47.7 Å². The largest absolute Gasteiger partial charge is 0.453 e. The Bertz CT molecular complexity index is 905. The summed E-state index contributed by atoms with van der Waals surface area (Å²) in [5.41, 5.74) is 1.48. The second-order valence-corrected chi connectivity index (χ2v) is 6.01. The highest BCUT2D eigenvalue weighted by Crippen LogP contribution is 2.36. The van der Waals surface area contributed by atoms with Crippen molar-refractivity contribution in [1.82, 2.24) is 24.6 Å². The Kier molecular flexibility index (Phi) is 3.59. The molecule has 3 aromatic rings. The highest BCUT2D eigenvalue weighted by atomic mass is 19.4. The minimum Gasteiger partial charge on any atom is -0.348 e. The van der Waals surface area contributed by atoms with E-state index >= 15 is 0 Å². The lowest BCUT2D eigenvalue weighted by atomic mass is 10.1. The molecule has 1 fully saturated rings. The van der Waals surface area contributed by atoms with Crippen LogP contribution in [0.25, 0.3) is 5.78 Å². The van der Waals surface area contributed by atoms with Gasteiger partial charge in [-0.3, -0.25) is 4.98 Å². The summed E-state index contributed by atoms with van der Waals surface area (Å²) in [5.74, 6) is -0.673. The summed E-state index contributed by atoms with van der Waals surface area (Å²) in [4.78, 5) is 14.1. The Hall–Kier alpha value is -2.71. The summed E-state index contributed by atoms with van der Waals surface area (Å²) in [6, 6.07) is 7.40. The molecular formula is C16H15F3N6. The molecule has 0 amide bonds. The summed E-state index contributed by atoms with van der Waals surface area (Å²) in [6.45, 7) is 2.44. The number of pyridine rings is 1. The molecule has 1 aliphatic rings. The van der Waals surface area contributed by atoms with Gasteiger partial charge in [0, 0.05) is 24.5 Å². The quantitative estimate of drug-likeness (QED) is 0.712. The van der Waals surface area contributed by atoms with Crippen molar-refractivity contribution < 1.29 is 13.2 Å². The first-order valence-electron chi connectivity index (χ1n) is 7.92. The second-order valence-electron chi connectivity index (χ2n) is 6.01. The first-order valence-corrected chi connectivity index (χ1v) is 7.92. The van der Waals surface area contributed by atoms with Crippen molar-refractivity contribution in [2.24, 2.45) is 0 Å². The number of halogens is 3. The maximum Gasteiger partial charge on any atom is 0.453 e. The van der Waals surface area contributed by atoms with E-state index in [-0.39, 0.29) is 11.8 Å². The predicted molar refractivity (Wildman–Crippen MR) is 84.1 cm³/mol. The topological polar surface area (TPSA) is 59.2 Å². The molecule has 1 atom stereocenters. The fourth-order valence-corrected chi connectivity index (χ4v) is 3.21. The smallest absolute Gasteiger partial charge is 0.348 e. The molecule has 0 aliphatic carbocycles. The van der Waals surface area contributed by atoms with Gasteiger partial charge in [-0.15, -0.1) is 5.10 Å². The molecule has 0 aromatic carbocycles. The number of hydrogen-bond donors (Lipinski definition) is 0. The molecule has 0 saturated carbocycles. The van der Waals surface area contributed by atoms with Gasteiger partial charge in [-0.25, -0.2) is 4.98 Å². The van der Waals surface area contributed by atoms with Crippen molar-refractivity contribution in [1.29, 1.82) is 0 Å². The summed E-state index contributed by atoms with van der Waals surface area (Å²) < 4.78 is 40.1. The molecule has 6 nitrogen and oxygen atoms in total. The number of rotatable bonds is 2. The Balaban J connectivity index is 1.84. The lowest BCUT2D eigenvalue weighted by Gasteiger charge is -2.26. The number of fused-ring (bicyclic) bond motifs is 1. The van der Waals surface area contributed by atoms with Crippen LogP contribution < -0.4 is 4.90 Å². The Morgan fingerprint density at radius 1 is 1.20 bits per heavy atom. The third-order valence-electron chi connectivity index (χ3n) is 4.25. The molecule has 1 aliphatic heterocycles. The van der Waals surface area contributed by atoms with Crippen LogP contribution in [0.3, 0.4) is 0 Å². The van der Waals surface area contributed by atoms with Gasteiger partial charge in [0.25, 0.3) is 11.6 Å². The van der Waals surface area contributed by atoms with E-state index in [0.29, 0.717) is 18.1 Å². The van der Waals surface area contributed by atoms with Crippen molar-refractivity contribution in [3.63, 3.8) is 0 Å². The fraction of sp³-hybridized carbons (Fsp3) is 0.375. The SMILES string of the molecule is Cc1cc(N2CCC[C@@H]2c2ccccn2)n2nc(C(F)(F)F)nc2n1. The molecule has 0 bridgehead atoms. The lowest BCUT2D eigenvalue weighted by Crippen LogP contribution is -2.26. The van der Waals surface area contributed by atoms with Crippen LogP contribution >= 0.6 is 0 Å². The third-order valence-corrected chi connectivity index (χ3v) is 4.25. The van der Waals surface area contributed by atoms with E-state index in [1.165, 1.54) is 4.52 Å². The zero-order valence-electron chi connectivity index (χ0n) is 13.4. The van der Waals surface area contributed by atoms with Crippen LogP contribution in [-0.2, 0) is 6.18 Å². The molecule has 3 aromatic heterocycles. The zero-order chi connectivity index (χ0) is 17.6. The number of aryl methyl sites for hydroxylation is 1. The fourth-order valence-electron chi connectivity index (χ4n) is 3.21. The van der Waals surface area contributed by atoms with E-state index in [0.717, 1.165) is 18.5 Å². The van der Waals surface area contributed by atoms with Crippen LogP contribution in [0.2, 0.25) is 0 Å². The summed E-state index contributed by atoms with van der Waals surface area (Å²) in [5, 5.41) is 3.65. The minimum atomic E-state index is -4.61. The predicted octanol–water partition coefficient (Wildman–Crippen LogP) is 3.19. The van der Waals surface area contributed by atoms with Crippen LogP contribution in [0.4, 0.5) is 19.0 Å². The lowest BCUT2D eigenvalue weighted by molar-refractivity contribution is -0.144. The summed E-state index contributed by atoms with van der Waals surface area (Å²) >= 11 is 0. The minimum absolute atomic E-state index is 0.00950. The Labute approximate surface area is 141 Å². The van der Waals surface area contributed by atoms with Gasteiger partial charge < -0.3 is 4.90 Å². The molecule has 0 radical (unpaired) electrons. The van der Waals surface area contributed by atoms with Gasteiger partial charge in [-0.2, -0.15) is 22.7 Å². The van der Waals surface area contributed by atoms with Crippen LogP contribution in [0.1, 0.15) is 36.1 Å². The standard InChI is InChI=1S/C16H15F3N6/c1-10-9-13(25-15(21-10)22-14(23-25)16(17,18)19)24-8-4-6-12(24)11-5-2-3-7-20-11/h2-3,5,7,9,12H,4,6,8H2,1H3/t12-/m1/s1. The van der Waals surface area contributed by atoms with E-state index in [1.807, 2.05) is 23.1 Å². The van der Waals surface area contributed by atoms with E-state index in [9.17, 15) is 13.2 Å². The first kappa shape index (κ1) is 15.8. The molecule has 0 spiro atoms. The van der Waals surface area contributed by atoms with Crippen molar-refractivity contribution >= 4 is 11.6 Å². The average Bonchev–Trinajstić information content (AvgIpc) is 3.21. The van der Waals surface area contributed by atoms with Crippen LogP contribution in [0.5, 0.6) is 0 Å². The maximum absolute atomic E-state index is 13.0. The third kappa shape index (κ3) is 2.79. The monoisotopic (exact) mass is 348 g/mol. The number of nitrogens with zero attached hydrogens (tertiary/aromatic N) is 6. The van der Waals surface area contributed by atoms with Gasteiger partial charge in [0.05, 0.1) is 11.7 Å². The Morgan fingerprint density at radius 2 is 2.04 bits per heavy atom. The van der Waals surface area contributed by atoms with E-state index in [2.05, 4.69) is 20.1 Å². The van der Waals surface area contributed by atoms with E-state index < -0.39 is 12.0 Å². The average molecular weight is 348 g/mol. The second kappa shape index (κ2) is 5.68. The molecule has 9 heteroatoms. The van der Waals surface area contributed by atoms with E-state index in [4.69, 9.17) is 0 Å². The number of hydrogen-bond acceptors (Lipinski definition) is 5. The van der Waals surface area contributed by atoms with Gasteiger partial charge in [0.15, 0.2) is 0 Å². The van der Waals surface area contributed by atoms with Gasteiger partial charge in [0.1, 0.15) is 5.82 Å². The molecule has 4 heterocycles. The van der Waals surface area contributed by atoms with Crippen molar-refractivity contribution in [2.45, 2.75) is 32.0 Å². The zero-order valence-corrected chi connectivity index (χ0v) is 13.4. The van der Waals surface area contributed by atoms with Gasteiger partial charge in [-0.05, 0) is 31.9 Å². The summed E-state index contributed by atoms with van der Waals surface area (Å²) in [6.07, 6.45) is -1.09. The van der Waals surface area contributed by atoms with Crippen LogP contribution in [-0.4, -0.2) is 31.1 Å². The molecule has 130 valence electrons. The van der Waals surface area contributed by atoms with Crippen molar-refractivity contribution in [3.8, 4) is 0 Å². The molecule has 0 unspecified atom stereocenters. The van der Waals surface area contributed by atoms with Crippen LogP contribution in [0, 0.1) is 6.92 Å². The molecule has 4 rings (SSSR count). The van der Waals surface area contributed by atoms with E-state index in [1.54, 1.807) is 19.2 Å². The highest BCUT2D eigenvalue weighted by Gasteiger charge is 2.37. The molecular weight excluding hydrogens is 333 g/mol. The number of aromatic nitrogens is 5.